The van der Waals surface area contributed by atoms with E-state index >= 15 is 0 Å². The lowest BCUT2D eigenvalue weighted by Crippen LogP contribution is -2.67. The molecule has 2 aromatic rings. The van der Waals surface area contributed by atoms with E-state index in [0.29, 0.717) is 32.0 Å². The lowest BCUT2D eigenvalue weighted by molar-refractivity contribution is -0.159. The van der Waals surface area contributed by atoms with E-state index in [-0.39, 0.29) is 30.4 Å². The number of urea groups is 1. The van der Waals surface area contributed by atoms with Crippen molar-refractivity contribution in [2.75, 3.05) is 40.3 Å². The first kappa shape index (κ1) is 25.0. The van der Waals surface area contributed by atoms with Crippen LogP contribution in [-0.2, 0) is 22.6 Å². The molecule has 5 rings (SSSR count). The standard InChI is InChI=1S/C28H32N4O5/c1-4-12-37-22-10-8-19(9-11-22)14-28(25(34)29(2)27(36)30(3)26(28)35)18-31-15-20-13-21(17-31)23-6-5-7-24(33)32(23)16-20/h4-11,20-21H,1,12-18H2,2-3H3/t20-,21+/m1/s1. The third-order valence-electron chi connectivity index (χ3n) is 7.85. The summed E-state index contributed by atoms with van der Waals surface area (Å²) in [5, 5.41) is 0. The van der Waals surface area contributed by atoms with Gasteiger partial charge in [0.15, 0.2) is 0 Å². The Hall–Kier alpha value is -3.72. The maximum Gasteiger partial charge on any atom is 0.332 e. The Balaban J connectivity index is 1.46. The average Bonchev–Trinajstić information content (AvgIpc) is 2.90. The highest BCUT2D eigenvalue weighted by molar-refractivity contribution is 6.19. The van der Waals surface area contributed by atoms with E-state index in [0.717, 1.165) is 27.5 Å². The molecule has 0 spiro atoms. The number of hydrogen-bond acceptors (Lipinski definition) is 6. The first-order valence-corrected chi connectivity index (χ1v) is 12.6. The summed E-state index contributed by atoms with van der Waals surface area (Å²) < 4.78 is 7.43. The van der Waals surface area contributed by atoms with Crippen molar-refractivity contribution in [2.24, 2.45) is 11.3 Å². The van der Waals surface area contributed by atoms with Gasteiger partial charge >= 0.3 is 6.03 Å². The monoisotopic (exact) mass is 504 g/mol. The molecule has 2 saturated heterocycles. The molecule has 0 radical (unpaired) electrons. The van der Waals surface area contributed by atoms with Gasteiger partial charge in [0.25, 0.3) is 5.56 Å². The van der Waals surface area contributed by atoms with Crippen molar-refractivity contribution in [2.45, 2.75) is 25.3 Å². The van der Waals surface area contributed by atoms with Crippen LogP contribution in [0.25, 0.3) is 0 Å². The molecule has 37 heavy (non-hydrogen) atoms. The van der Waals surface area contributed by atoms with Crippen molar-refractivity contribution in [1.29, 1.82) is 0 Å². The summed E-state index contributed by atoms with van der Waals surface area (Å²) in [5.74, 6) is 0.0854. The molecular weight excluding hydrogens is 472 g/mol. The normalized spacial score (nSPS) is 23.1. The molecule has 4 amide bonds. The van der Waals surface area contributed by atoms with Crippen LogP contribution in [0.15, 0.2) is 59.9 Å². The minimum Gasteiger partial charge on any atom is -0.490 e. The number of imide groups is 2. The summed E-state index contributed by atoms with van der Waals surface area (Å²) in [6, 6.07) is 12.1. The number of barbiturate groups is 1. The summed E-state index contributed by atoms with van der Waals surface area (Å²) in [6.45, 7) is 6.17. The summed E-state index contributed by atoms with van der Waals surface area (Å²) in [5.41, 5.74) is 0.376. The van der Waals surface area contributed by atoms with Crippen LogP contribution in [-0.4, -0.2) is 77.4 Å². The zero-order chi connectivity index (χ0) is 26.3. The smallest absolute Gasteiger partial charge is 0.332 e. The van der Waals surface area contributed by atoms with Crippen LogP contribution in [0.3, 0.4) is 0 Å². The molecule has 194 valence electrons. The van der Waals surface area contributed by atoms with Gasteiger partial charge in [0, 0.05) is 58.0 Å². The Kier molecular flexibility index (Phi) is 6.49. The SMILES string of the molecule is C=CCOc1ccc(CC2(CN3C[C@H]4C[C@@H](C3)c3cccc(=O)n3C4)C(=O)N(C)C(=O)N(C)C2=O)cc1. The number of likely N-dealkylation sites (tertiary alicyclic amines) is 1. The molecule has 0 saturated carbocycles. The minimum atomic E-state index is -1.44. The summed E-state index contributed by atoms with van der Waals surface area (Å²) in [7, 11) is 2.87. The minimum absolute atomic E-state index is 0.0111. The molecule has 0 aliphatic carbocycles. The third kappa shape index (κ3) is 4.37. The molecule has 4 heterocycles. The predicted molar refractivity (Wildman–Crippen MR) is 137 cm³/mol. The molecule has 3 aliphatic heterocycles. The molecule has 2 bridgehead atoms. The quantitative estimate of drug-likeness (QED) is 0.424. The highest BCUT2D eigenvalue weighted by Gasteiger charge is 2.56. The fraction of sp³-hybridized carbons (Fsp3) is 0.429. The van der Waals surface area contributed by atoms with E-state index in [1.54, 1.807) is 18.2 Å². The first-order chi connectivity index (χ1) is 17.7. The van der Waals surface area contributed by atoms with Crippen LogP contribution in [0.1, 0.15) is 23.6 Å². The Morgan fingerprint density at radius 2 is 1.68 bits per heavy atom. The number of hydrogen-bond donors (Lipinski definition) is 0. The van der Waals surface area contributed by atoms with Gasteiger partial charge in [-0.3, -0.25) is 24.2 Å². The second-order valence-electron chi connectivity index (χ2n) is 10.4. The van der Waals surface area contributed by atoms with E-state index in [2.05, 4.69) is 11.5 Å². The zero-order valence-corrected chi connectivity index (χ0v) is 21.3. The Morgan fingerprint density at radius 1 is 0.973 bits per heavy atom. The van der Waals surface area contributed by atoms with E-state index in [9.17, 15) is 19.2 Å². The number of ether oxygens (including phenoxy) is 1. The maximum absolute atomic E-state index is 13.7. The van der Waals surface area contributed by atoms with E-state index in [4.69, 9.17) is 4.74 Å². The molecule has 1 aromatic carbocycles. The third-order valence-corrected chi connectivity index (χ3v) is 7.85. The Morgan fingerprint density at radius 3 is 2.35 bits per heavy atom. The highest BCUT2D eigenvalue weighted by atomic mass is 16.5. The number of piperidine rings is 1. The number of benzene rings is 1. The molecule has 2 fully saturated rings. The van der Waals surface area contributed by atoms with E-state index in [1.807, 2.05) is 34.9 Å². The Labute approximate surface area is 215 Å². The van der Waals surface area contributed by atoms with Crippen LogP contribution in [0, 0.1) is 11.3 Å². The fourth-order valence-corrected chi connectivity index (χ4v) is 6.19. The van der Waals surface area contributed by atoms with Gasteiger partial charge in [-0.25, -0.2) is 4.79 Å². The first-order valence-electron chi connectivity index (χ1n) is 12.6. The van der Waals surface area contributed by atoms with Gasteiger partial charge < -0.3 is 14.2 Å². The van der Waals surface area contributed by atoms with Crippen molar-refractivity contribution in [3.05, 3.63) is 76.7 Å². The fourth-order valence-electron chi connectivity index (χ4n) is 6.19. The van der Waals surface area contributed by atoms with Crippen molar-refractivity contribution < 1.29 is 19.1 Å². The number of aromatic nitrogens is 1. The topological polar surface area (TPSA) is 92.2 Å². The van der Waals surface area contributed by atoms with Gasteiger partial charge in [0.1, 0.15) is 17.8 Å². The predicted octanol–water partition coefficient (Wildman–Crippen LogP) is 2.11. The van der Waals surface area contributed by atoms with Crippen LogP contribution in [0.2, 0.25) is 0 Å². The maximum atomic E-state index is 13.7. The van der Waals surface area contributed by atoms with Crippen LogP contribution in [0.4, 0.5) is 4.79 Å². The van der Waals surface area contributed by atoms with E-state index < -0.39 is 23.3 Å². The van der Waals surface area contributed by atoms with Crippen molar-refractivity contribution in [3.63, 3.8) is 0 Å². The lowest BCUT2D eigenvalue weighted by Gasteiger charge is -2.48. The number of rotatable bonds is 7. The second kappa shape index (κ2) is 9.63. The van der Waals surface area contributed by atoms with Crippen LogP contribution < -0.4 is 10.3 Å². The van der Waals surface area contributed by atoms with Crippen LogP contribution >= 0.6 is 0 Å². The molecule has 9 heteroatoms. The summed E-state index contributed by atoms with van der Waals surface area (Å²) in [6.07, 6.45) is 2.79. The molecule has 9 nitrogen and oxygen atoms in total. The largest absolute Gasteiger partial charge is 0.490 e. The summed E-state index contributed by atoms with van der Waals surface area (Å²) >= 11 is 0. The number of carbonyl (C=O) groups excluding carboxylic acids is 3. The molecule has 0 unspecified atom stereocenters. The van der Waals surface area contributed by atoms with Gasteiger partial charge in [0.2, 0.25) is 11.8 Å². The average molecular weight is 505 g/mol. The van der Waals surface area contributed by atoms with Gasteiger partial charge in [0.05, 0.1) is 0 Å². The van der Waals surface area contributed by atoms with Gasteiger partial charge in [-0.2, -0.15) is 0 Å². The zero-order valence-electron chi connectivity index (χ0n) is 21.3. The summed E-state index contributed by atoms with van der Waals surface area (Å²) in [4.78, 5) is 56.8. The van der Waals surface area contributed by atoms with Gasteiger partial charge in [-0.15, -0.1) is 0 Å². The molecule has 2 atom stereocenters. The van der Waals surface area contributed by atoms with Crippen molar-refractivity contribution in [3.8, 4) is 5.75 Å². The van der Waals surface area contributed by atoms with Crippen LogP contribution in [0.5, 0.6) is 5.75 Å². The molecule has 0 N–H and O–H groups in total. The highest BCUT2D eigenvalue weighted by Crippen LogP contribution is 2.39. The van der Waals surface area contributed by atoms with Gasteiger partial charge in [-0.05, 0) is 42.5 Å². The number of carbonyl (C=O) groups is 3. The Bertz CT molecular complexity index is 1280. The molecular formula is C28H32N4O5. The van der Waals surface area contributed by atoms with Crippen molar-refractivity contribution >= 4 is 17.8 Å². The number of amides is 4. The number of nitrogens with zero attached hydrogens (tertiary/aromatic N) is 4. The van der Waals surface area contributed by atoms with E-state index in [1.165, 1.54) is 14.1 Å². The number of fused-ring (bicyclic) bond motifs is 4. The molecule has 1 aromatic heterocycles. The van der Waals surface area contributed by atoms with Crippen molar-refractivity contribution in [1.82, 2.24) is 19.3 Å². The van der Waals surface area contributed by atoms with Gasteiger partial charge in [-0.1, -0.05) is 30.9 Å². The number of pyridine rings is 1. The second-order valence-corrected chi connectivity index (χ2v) is 10.4. The lowest BCUT2D eigenvalue weighted by atomic mass is 9.75. The molecule has 3 aliphatic rings.